The summed E-state index contributed by atoms with van der Waals surface area (Å²) in [5, 5.41) is 9.62. The van der Waals surface area contributed by atoms with Crippen LogP contribution >= 0.6 is 0 Å². The molecule has 2 heterocycles. The van der Waals surface area contributed by atoms with Crippen molar-refractivity contribution in [1.29, 1.82) is 0 Å². The average Bonchev–Trinajstić information content (AvgIpc) is 3.04. The van der Waals surface area contributed by atoms with Crippen molar-refractivity contribution in [2.45, 2.75) is 50.2 Å². The summed E-state index contributed by atoms with van der Waals surface area (Å²) in [6.45, 7) is 2.46. The second kappa shape index (κ2) is 7.29. The molecule has 7 heteroatoms. The largest absolute Gasteiger partial charge is 0.393 e. The number of hydrogen-bond donors (Lipinski definition) is 2. The minimum Gasteiger partial charge on any atom is -0.393 e. The van der Waals surface area contributed by atoms with E-state index in [0.717, 1.165) is 35.2 Å². The Morgan fingerprint density at radius 3 is 2.61 bits per heavy atom. The van der Waals surface area contributed by atoms with E-state index in [-0.39, 0.29) is 17.8 Å². The number of benzene rings is 1. The van der Waals surface area contributed by atoms with Crippen molar-refractivity contribution in [3.63, 3.8) is 0 Å². The Morgan fingerprint density at radius 1 is 1.14 bits per heavy atom. The minimum atomic E-state index is -3.36. The molecule has 2 aromatic rings. The first-order valence-corrected chi connectivity index (χ1v) is 11.3. The first kappa shape index (κ1) is 19.1. The normalized spacial score (nSPS) is 22.0. The van der Waals surface area contributed by atoms with Gasteiger partial charge in [0.2, 0.25) is 0 Å². The number of aliphatic imine (C=N–C) groups is 1. The number of aromatic nitrogens is 1. The number of pyridine rings is 1. The molecule has 4 rings (SSSR count). The van der Waals surface area contributed by atoms with Crippen molar-refractivity contribution in [3.05, 3.63) is 47.2 Å². The van der Waals surface area contributed by atoms with E-state index >= 15 is 0 Å². The first-order chi connectivity index (χ1) is 13.3. The van der Waals surface area contributed by atoms with Gasteiger partial charge >= 0.3 is 0 Å². The Balaban J connectivity index is 1.58. The van der Waals surface area contributed by atoms with Crippen LogP contribution in [-0.4, -0.2) is 36.2 Å². The summed E-state index contributed by atoms with van der Waals surface area (Å²) < 4.78 is 25.7. The molecular formula is C21H25N3O3S. The van der Waals surface area contributed by atoms with Gasteiger partial charge in [0.25, 0.3) is 0 Å². The standard InChI is InChI=1S/C21H25N3O3S/c1-13-10-17(28(26,27)12-14-2-5-16(25)6-3-14)7-8-18(13)19-9-4-15-11-23-21(22)20(15)24-19/h4,7-10,14,16,25H,2-3,5-6,11-12H2,1H3,(H2,22,23). The molecule has 0 spiro atoms. The van der Waals surface area contributed by atoms with Gasteiger partial charge in [0.05, 0.1) is 29.0 Å². The number of aryl methyl sites for hydroxylation is 1. The Labute approximate surface area is 165 Å². The second-order valence-corrected chi connectivity index (χ2v) is 9.87. The highest BCUT2D eigenvalue weighted by Crippen LogP contribution is 2.30. The van der Waals surface area contributed by atoms with Gasteiger partial charge in [-0.25, -0.2) is 13.4 Å². The monoisotopic (exact) mass is 399 g/mol. The highest BCUT2D eigenvalue weighted by atomic mass is 32.2. The molecule has 1 aliphatic carbocycles. The highest BCUT2D eigenvalue weighted by Gasteiger charge is 2.26. The van der Waals surface area contributed by atoms with Crippen LogP contribution in [0.25, 0.3) is 11.3 Å². The fraction of sp³-hybridized carbons (Fsp3) is 0.429. The lowest BCUT2D eigenvalue weighted by molar-refractivity contribution is 0.113. The summed E-state index contributed by atoms with van der Waals surface area (Å²) >= 11 is 0. The fourth-order valence-electron chi connectivity index (χ4n) is 4.07. The number of nitrogens with two attached hydrogens (primary N) is 1. The van der Waals surface area contributed by atoms with Gasteiger partial charge in [0, 0.05) is 11.1 Å². The van der Waals surface area contributed by atoms with Crippen LogP contribution in [0, 0.1) is 12.8 Å². The molecule has 0 saturated heterocycles. The molecule has 1 aromatic carbocycles. The average molecular weight is 400 g/mol. The molecule has 0 atom stereocenters. The molecule has 1 fully saturated rings. The quantitative estimate of drug-likeness (QED) is 0.822. The van der Waals surface area contributed by atoms with Crippen molar-refractivity contribution >= 4 is 15.7 Å². The van der Waals surface area contributed by atoms with Crippen LogP contribution in [0.1, 0.15) is 42.5 Å². The highest BCUT2D eigenvalue weighted by molar-refractivity contribution is 7.91. The Morgan fingerprint density at radius 2 is 1.89 bits per heavy atom. The molecule has 3 N–H and O–H groups in total. The number of aliphatic hydroxyl groups is 1. The number of nitrogens with zero attached hydrogens (tertiary/aromatic N) is 2. The van der Waals surface area contributed by atoms with E-state index < -0.39 is 9.84 Å². The van der Waals surface area contributed by atoms with Gasteiger partial charge in [-0.05, 0) is 62.3 Å². The lowest BCUT2D eigenvalue weighted by Gasteiger charge is -2.25. The second-order valence-electron chi connectivity index (χ2n) is 7.84. The maximum atomic E-state index is 12.9. The molecule has 2 aliphatic rings. The van der Waals surface area contributed by atoms with E-state index in [2.05, 4.69) is 9.98 Å². The molecule has 28 heavy (non-hydrogen) atoms. The lowest BCUT2D eigenvalue weighted by Crippen LogP contribution is -2.24. The molecule has 0 unspecified atom stereocenters. The zero-order chi connectivity index (χ0) is 19.9. The van der Waals surface area contributed by atoms with Gasteiger partial charge in [0.15, 0.2) is 9.84 Å². The van der Waals surface area contributed by atoms with Crippen molar-refractivity contribution in [3.8, 4) is 11.3 Å². The van der Waals surface area contributed by atoms with Crippen LogP contribution in [0.3, 0.4) is 0 Å². The minimum absolute atomic E-state index is 0.119. The number of rotatable bonds is 4. The topological polar surface area (TPSA) is 106 Å². The van der Waals surface area contributed by atoms with Crippen LogP contribution in [-0.2, 0) is 16.4 Å². The fourth-order valence-corrected chi connectivity index (χ4v) is 5.85. The van der Waals surface area contributed by atoms with Crippen molar-refractivity contribution in [1.82, 2.24) is 4.98 Å². The summed E-state index contributed by atoms with van der Waals surface area (Å²) in [6.07, 6.45) is 2.63. The zero-order valence-corrected chi connectivity index (χ0v) is 16.7. The Kier molecular flexibility index (Phi) is 4.97. The van der Waals surface area contributed by atoms with Crippen LogP contribution in [0.2, 0.25) is 0 Å². The molecule has 0 amide bonds. The zero-order valence-electron chi connectivity index (χ0n) is 15.9. The maximum Gasteiger partial charge on any atom is 0.178 e. The molecule has 6 nitrogen and oxygen atoms in total. The van der Waals surface area contributed by atoms with E-state index in [1.165, 1.54) is 0 Å². The SMILES string of the molecule is Cc1cc(S(=O)(=O)CC2CCC(O)CC2)ccc1-c1ccc2c(n1)C(N)=NC2. The van der Waals surface area contributed by atoms with Gasteiger partial charge in [-0.1, -0.05) is 12.1 Å². The number of aliphatic hydroxyl groups excluding tert-OH is 1. The van der Waals surface area contributed by atoms with E-state index in [1.54, 1.807) is 12.1 Å². The van der Waals surface area contributed by atoms with E-state index in [9.17, 15) is 13.5 Å². The molecule has 148 valence electrons. The summed E-state index contributed by atoms with van der Waals surface area (Å²) in [7, 11) is -3.36. The third-order valence-corrected chi connectivity index (χ3v) is 7.63. The number of hydrogen-bond acceptors (Lipinski definition) is 6. The number of sulfone groups is 1. The smallest absolute Gasteiger partial charge is 0.178 e. The predicted octanol–water partition coefficient (Wildman–Crippen LogP) is 2.60. The summed E-state index contributed by atoms with van der Waals surface area (Å²) in [5.41, 5.74) is 10.1. The molecule has 1 saturated carbocycles. The summed E-state index contributed by atoms with van der Waals surface area (Å²) in [6, 6.07) is 9.12. The van der Waals surface area contributed by atoms with Gasteiger partial charge in [-0.2, -0.15) is 0 Å². The van der Waals surface area contributed by atoms with Crippen molar-refractivity contribution in [2.75, 3.05) is 5.75 Å². The molecular weight excluding hydrogens is 374 g/mol. The maximum absolute atomic E-state index is 12.9. The van der Waals surface area contributed by atoms with Crippen LogP contribution < -0.4 is 5.73 Å². The van der Waals surface area contributed by atoms with Crippen molar-refractivity contribution in [2.24, 2.45) is 16.6 Å². The number of fused-ring (bicyclic) bond motifs is 1. The third kappa shape index (κ3) is 3.69. The Bertz CT molecular complexity index is 1040. The molecule has 1 aliphatic heterocycles. The third-order valence-electron chi connectivity index (χ3n) is 5.75. The Hall–Kier alpha value is -2.25. The summed E-state index contributed by atoms with van der Waals surface area (Å²) in [5.74, 6) is 0.711. The van der Waals surface area contributed by atoms with E-state index in [4.69, 9.17) is 5.73 Å². The number of amidine groups is 1. The predicted molar refractivity (Wildman–Crippen MR) is 109 cm³/mol. The summed E-state index contributed by atoms with van der Waals surface area (Å²) in [4.78, 5) is 9.18. The van der Waals surface area contributed by atoms with Gasteiger partial charge in [-0.15, -0.1) is 0 Å². The molecule has 0 radical (unpaired) electrons. The van der Waals surface area contributed by atoms with E-state index in [1.807, 2.05) is 25.1 Å². The van der Waals surface area contributed by atoms with E-state index in [0.29, 0.717) is 35.8 Å². The first-order valence-electron chi connectivity index (χ1n) is 9.65. The molecule has 0 bridgehead atoms. The van der Waals surface area contributed by atoms with Gasteiger partial charge in [-0.3, -0.25) is 4.99 Å². The lowest BCUT2D eigenvalue weighted by atomic mass is 9.89. The van der Waals surface area contributed by atoms with Crippen molar-refractivity contribution < 1.29 is 13.5 Å². The van der Waals surface area contributed by atoms with Crippen LogP contribution in [0.15, 0.2) is 40.2 Å². The van der Waals surface area contributed by atoms with Crippen LogP contribution in [0.5, 0.6) is 0 Å². The van der Waals surface area contributed by atoms with Gasteiger partial charge in [0.1, 0.15) is 11.5 Å². The molecule has 1 aromatic heterocycles. The van der Waals surface area contributed by atoms with Crippen LogP contribution in [0.4, 0.5) is 0 Å². The van der Waals surface area contributed by atoms with Gasteiger partial charge < -0.3 is 10.8 Å².